The SMILES string of the molecule is CN(C)CCCNC(=O)c1ccccc1Br.Cl. The molecule has 1 N–H and O–H groups in total. The zero-order valence-corrected chi connectivity index (χ0v) is 12.5. The van der Waals surface area contributed by atoms with E-state index in [1.165, 1.54) is 0 Å². The van der Waals surface area contributed by atoms with E-state index >= 15 is 0 Å². The molecule has 1 rings (SSSR count). The van der Waals surface area contributed by atoms with Crippen molar-refractivity contribution in [2.24, 2.45) is 0 Å². The Bertz CT molecular complexity index is 358. The molecule has 0 fully saturated rings. The van der Waals surface area contributed by atoms with Gasteiger partial charge in [-0.1, -0.05) is 12.1 Å². The van der Waals surface area contributed by atoms with Crippen LogP contribution in [0.5, 0.6) is 0 Å². The number of carbonyl (C=O) groups excluding carboxylic acids is 1. The van der Waals surface area contributed by atoms with Crippen LogP contribution in [0.4, 0.5) is 0 Å². The van der Waals surface area contributed by atoms with E-state index in [9.17, 15) is 4.79 Å². The lowest BCUT2D eigenvalue weighted by molar-refractivity contribution is 0.0951. The van der Waals surface area contributed by atoms with Gasteiger partial charge in [0.25, 0.3) is 5.91 Å². The predicted molar refractivity (Wildman–Crippen MR) is 76.9 cm³/mol. The van der Waals surface area contributed by atoms with Crippen molar-refractivity contribution in [2.75, 3.05) is 27.2 Å². The van der Waals surface area contributed by atoms with Crippen LogP contribution in [-0.2, 0) is 0 Å². The Morgan fingerprint density at radius 3 is 2.59 bits per heavy atom. The molecule has 0 atom stereocenters. The maximum atomic E-state index is 11.8. The van der Waals surface area contributed by atoms with Gasteiger partial charge in [-0.15, -0.1) is 12.4 Å². The zero-order chi connectivity index (χ0) is 12.0. The fourth-order valence-corrected chi connectivity index (χ4v) is 1.80. The first-order valence-corrected chi connectivity index (χ1v) is 6.08. The largest absolute Gasteiger partial charge is 0.352 e. The summed E-state index contributed by atoms with van der Waals surface area (Å²) in [5, 5.41) is 2.90. The third-order valence-electron chi connectivity index (χ3n) is 2.19. The van der Waals surface area contributed by atoms with Crippen LogP contribution in [0, 0.1) is 0 Å². The Hall–Kier alpha value is -0.580. The van der Waals surface area contributed by atoms with Gasteiger partial charge in [0, 0.05) is 11.0 Å². The van der Waals surface area contributed by atoms with Crippen molar-refractivity contribution in [1.82, 2.24) is 10.2 Å². The minimum Gasteiger partial charge on any atom is -0.352 e. The second-order valence-electron chi connectivity index (χ2n) is 3.89. The average Bonchev–Trinajstić information content (AvgIpc) is 2.24. The summed E-state index contributed by atoms with van der Waals surface area (Å²) in [5.41, 5.74) is 0.687. The quantitative estimate of drug-likeness (QED) is 0.845. The molecule has 5 heteroatoms. The topological polar surface area (TPSA) is 32.3 Å². The first kappa shape index (κ1) is 16.4. The van der Waals surface area contributed by atoms with Crippen molar-refractivity contribution in [3.63, 3.8) is 0 Å². The summed E-state index contributed by atoms with van der Waals surface area (Å²) in [6, 6.07) is 7.44. The lowest BCUT2D eigenvalue weighted by atomic mass is 10.2. The van der Waals surface area contributed by atoms with E-state index in [1.807, 2.05) is 38.4 Å². The maximum absolute atomic E-state index is 11.8. The summed E-state index contributed by atoms with van der Waals surface area (Å²) >= 11 is 3.36. The van der Waals surface area contributed by atoms with Gasteiger partial charge in [-0.25, -0.2) is 0 Å². The van der Waals surface area contributed by atoms with E-state index in [1.54, 1.807) is 0 Å². The fourth-order valence-electron chi connectivity index (χ4n) is 1.34. The molecule has 0 aliphatic carbocycles. The number of rotatable bonds is 5. The van der Waals surface area contributed by atoms with Crippen LogP contribution in [0.1, 0.15) is 16.8 Å². The number of hydrogen-bond acceptors (Lipinski definition) is 2. The number of hydrogen-bond donors (Lipinski definition) is 1. The van der Waals surface area contributed by atoms with E-state index < -0.39 is 0 Å². The highest BCUT2D eigenvalue weighted by Crippen LogP contribution is 2.15. The molecule has 3 nitrogen and oxygen atoms in total. The predicted octanol–water partition coefficient (Wildman–Crippen LogP) is 2.55. The molecular formula is C12H18BrClN2O. The molecule has 0 heterocycles. The Morgan fingerprint density at radius 1 is 1.35 bits per heavy atom. The Labute approximate surface area is 117 Å². The van der Waals surface area contributed by atoms with Gasteiger partial charge in [0.2, 0.25) is 0 Å². The smallest absolute Gasteiger partial charge is 0.252 e. The van der Waals surface area contributed by atoms with Crippen molar-refractivity contribution >= 4 is 34.2 Å². The molecule has 0 bridgehead atoms. The molecule has 0 aliphatic heterocycles. The monoisotopic (exact) mass is 320 g/mol. The Balaban J connectivity index is 0.00000256. The van der Waals surface area contributed by atoms with Crippen molar-refractivity contribution in [2.45, 2.75) is 6.42 Å². The van der Waals surface area contributed by atoms with Crippen molar-refractivity contribution < 1.29 is 4.79 Å². The minimum absolute atomic E-state index is 0. The first-order valence-electron chi connectivity index (χ1n) is 5.28. The summed E-state index contributed by atoms with van der Waals surface area (Å²) in [5.74, 6) is -0.0220. The standard InChI is InChI=1S/C12H17BrN2O.ClH/c1-15(2)9-5-8-14-12(16)10-6-3-4-7-11(10)13;/h3-4,6-7H,5,8-9H2,1-2H3,(H,14,16);1H. The molecule has 17 heavy (non-hydrogen) atoms. The van der Waals surface area contributed by atoms with Crippen LogP contribution in [-0.4, -0.2) is 38.0 Å². The molecule has 96 valence electrons. The summed E-state index contributed by atoms with van der Waals surface area (Å²) in [6.45, 7) is 1.69. The molecule has 0 radical (unpaired) electrons. The Kier molecular flexibility index (Phi) is 8.21. The van der Waals surface area contributed by atoms with Gasteiger partial charge in [0.05, 0.1) is 5.56 Å². The molecule has 1 aromatic rings. The molecule has 0 unspecified atom stereocenters. The maximum Gasteiger partial charge on any atom is 0.252 e. The van der Waals surface area contributed by atoms with E-state index in [-0.39, 0.29) is 18.3 Å². The van der Waals surface area contributed by atoms with Gasteiger partial charge in [0.15, 0.2) is 0 Å². The number of amides is 1. The molecule has 0 spiro atoms. The molecule has 0 aliphatic rings. The highest BCUT2D eigenvalue weighted by Gasteiger charge is 2.07. The third-order valence-corrected chi connectivity index (χ3v) is 2.88. The van der Waals surface area contributed by atoms with Gasteiger partial charge < -0.3 is 10.2 Å². The van der Waals surface area contributed by atoms with Crippen molar-refractivity contribution in [3.05, 3.63) is 34.3 Å². The van der Waals surface area contributed by atoms with Gasteiger partial charge in [-0.3, -0.25) is 4.79 Å². The average molecular weight is 322 g/mol. The van der Waals surface area contributed by atoms with Crippen molar-refractivity contribution in [1.29, 1.82) is 0 Å². The fraction of sp³-hybridized carbons (Fsp3) is 0.417. The summed E-state index contributed by atoms with van der Waals surface area (Å²) in [4.78, 5) is 13.9. The lowest BCUT2D eigenvalue weighted by Crippen LogP contribution is -2.27. The Morgan fingerprint density at radius 2 is 2.00 bits per heavy atom. The van der Waals surface area contributed by atoms with Gasteiger partial charge in [-0.05, 0) is 55.1 Å². The molecule has 0 saturated carbocycles. The minimum atomic E-state index is -0.0220. The highest BCUT2D eigenvalue weighted by molar-refractivity contribution is 9.10. The van der Waals surface area contributed by atoms with Crippen molar-refractivity contribution in [3.8, 4) is 0 Å². The van der Waals surface area contributed by atoms with Crippen LogP contribution in [0.3, 0.4) is 0 Å². The van der Waals surface area contributed by atoms with Crippen LogP contribution >= 0.6 is 28.3 Å². The van der Waals surface area contributed by atoms with Crippen LogP contribution in [0.25, 0.3) is 0 Å². The lowest BCUT2D eigenvalue weighted by Gasteiger charge is -2.10. The normalized spacial score (nSPS) is 9.88. The van der Waals surface area contributed by atoms with Crippen LogP contribution < -0.4 is 5.32 Å². The van der Waals surface area contributed by atoms with E-state index in [0.717, 1.165) is 17.4 Å². The van der Waals surface area contributed by atoms with Gasteiger partial charge in [0.1, 0.15) is 0 Å². The number of carbonyl (C=O) groups is 1. The second kappa shape index (κ2) is 8.50. The number of halogens is 2. The zero-order valence-electron chi connectivity index (χ0n) is 10.1. The molecule has 1 amide bonds. The molecule has 1 aromatic carbocycles. The van der Waals surface area contributed by atoms with Crippen LogP contribution in [0.2, 0.25) is 0 Å². The highest BCUT2D eigenvalue weighted by atomic mass is 79.9. The van der Waals surface area contributed by atoms with E-state index in [4.69, 9.17) is 0 Å². The molecule has 0 aromatic heterocycles. The van der Waals surface area contributed by atoms with E-state index in [2.05, 4.69) is 26.1 Å². The molecular weight excluding hydrogens is 304 g/mol. The molecule has 0 saturated heterocycles. The summed E-state index contributed by atoms with van der Waals surface area (Å²) < 4.78 is 0.833. The van der Waals surface area contributed by atoms with Gasteiger partial charge in [-0.2, -0.15) is 0 Å². The first-order chi connectivity index (χ1) is 7.61. The van der Waals surface area contributed by atoms with Gasteiger partial charge >= 0.3 is 0 Å². The van der Waals surface area contributed by atoms with Crippen LogP contribution in [0.15, 0.2) is 28.7 Å². The summed E-state index contributed by atoms with van der Waals surface area (Å²) in [6.07, 6.45) is 0.962. The summed E-state index contributed by atoms with van der Waals surface area (Å²) in [7, 11) is 4.05. The second-order valence-corrected chi connectivity index (χ2v) is 4.75. The number of nitrogens with zero attached hydrogens (tertiary/aromatic N) is 1. The third kappa shape index (κ3) is 6.05. The number of benzene rings is 1. The van der Waals surface area contributed by atoms with E-state index in [0.29, 0.717) is 12.1 Å². The number of nitrogens with one attached hydrogen (secondary N) is 1.